The molecule has 1 aliphatic heterocycles. The zero-order valence-electron chi connectivity index (χ0n) is 14.7. The van der Waals surface area contributed by atoms with Gasteiger partial charge in [0, 0.05) is 12.1 Å². The second-order valence-corrected chi connectivity index (χ2v) is 6.21. The number of esters is 1. The van der Waals surface area contributed by atoms with E-state index in [0.29, 0.717) is 23.0 Å². The highest BCUT2D eigenvalue weighted by Crippen LogP contribution is 2.44. The third-order valence-corrected chi connectivity index (χ3v) is 4.88. The number of ether oxygens (including phenoxy) is 3. The van der Waals surface area contributed by atoms with Gasteiger partial charge in [0.2, 0.25) is 5.88 Å². The highest BCUT2D eigenvalue weighted by atomic mass is 32.2. The maximum absolute atomic E-state index is 12.9. The van der Waals surface area contributed by atoms with Crippen LogP contribution in [0.25, 0.3) is 0 Å². The minimum absolute atomic E-state index is 0.0797. The van der Waals surface area contributed by atoms with Gasteiger partial charge in [-0.2, -0.15) is 4.98 Å². The van der Waals surface area contributed by atoms with Crippen molar-refractivity contribution in [1.29, 1.82) is 0 Å². The largest absolute Gasteiger partial charge is 0.493 e. The van der Waals surface area contributed by atoms with Crippen LogP contribution in [0, 0.1) is 0 Å². The van der Waals surface area contributed by atoms with Gasteiger partial charge in [-0.05, 0) is 19.2 Å². The Balaban J connectivity index is 2.25. The van der Waals surface area contributed by atoms with Crippen molar-refractivity contribution < 1.29 is 24.1 Å². The first-order valence-electron chi connectivity index (χ1n) is 7.81. The van der Waals surface area contributed by atoms with Crippen molar-refractivity contribution in [3.63, 3.8) is 0 Å². The summed E-state index contributed by atoms with van der Waals surface area (Å²) in [5.41, 5.74) is 0.0581. The van der Waals surface area contributed by atoms with Crippen LogP contribution >= 0.6 is 11.8 Å². The molecule has 1 unspecified atom stereocenters. The number of benzene rings is 1. The lowest BCUT2D eigenvalue weighted by Crippen LogP contribution is -2.28. The second kappa shape index (κ2) is 6.91. The summed E-state index contributed by atoms with van der Waals surface area (Å²) in [5.74, 6) is -0.516. The van der Waals surface area contributed by atoms with Crippen molar-refractivity contribution in [2.45, 2.75) is 24.7 Å². The topological polar surface area (TPSA) is 99.9 Å². The number of rotatable bonds is 5. The third-order valence-electron chi connectivity index (χ3n) is 4.20. The number of carbonyl (C=O) groups excluding carboxylic acids is 1. The summed E-state index contributed by atoms with van der Waals surface area (Å²) in [6, 6.07) is 3.23. The van der Waals surface area contributed by atoms with E-state index in [4.69, 9.17) is 14.2 Å². The predicted octanol–water partition coefficient (Wildman–Crippen LogP) is 1.97. The standard InChI is InChI=1S/C17H18N2O6S/c1-5-19-15(21)11(14(20)18-17(19)26-4)12-8-6-7-9(23-2)13(24-3)10(8)16(22)25-12/h6-7,12,20H,5H2,1-4H3. The molecule has 1 N–H and O–H groups in total. The van der Waals surface area contributed by atoms with Crippen LogP contribution in [-0.4, -0.2) is 41.1 Å². The van der Waals surface area contributed by atoms with Crippen LogP contribution in [0.2, 0.25) is 0 Å². The number of nitrogens with zero attached hydrogens (tertiary/aromatic N) is 2. The summed E-state index contributed by atoms with van der Waals surface area (Å²) in [6.07, 6.45) is 0.695. The van der Waals surface area contributed by atoms with Crippen LogP contribution in [0.15, 0.2) is 22.1 Å². The first-order chi connectivity index (χ1) is 12.5. The molecule has 8 nitrogen and oxygen atoms in total. The van der Waals surface area contributed by atoms with E-state index in [1.165, 1.54) is 30.5 Å². The Morgan fingerprint density at radius 2 is 2.04 bits per heavy atom. The number of methoxy groups -OCH3 is 2. The van der Waals surface area contributed by atoms with Gasteiger partial charge >= 0.3 is 5.97 Å². The van der Waals surface area contributed by atoms with Crippen molar-refractivity contribution in [2.24, 2.45) is 0 Å². The number of fused-ring (bicyclic) bond motifs is 1. The molecule has 1 aliphatic rings. The number of hydrogen-bond donors (Lipinski definition) is 1. The molecule has 3 rings (SSSR count). The molecule has 2 aromatic rings. The molecular weight excluding hydrogens is 360 g/mol. The van der Waals surface area contributed by atoms with Gasteiger partial charge in [0.1, 0.15) is 11.1 Å². The fraction of sp³-hybridized carbons (Fsp3) is 0.353. The van der Waals surface area contributed by atoms with E-state index in [-0.39, 0.29) is 16.9 Å². The SMILES string of the molecule is CCn1c(SC)nc(O)c(C2OC(=O)c3c2ccc(OC)c3OC)c1=O. The number of aromatic hydroxyl groups is 1. The van der Waals surface area contributed by atoms with E-state index in [0.717, 1.165) is 0 Å². The van der Waals surface area contributed by atoms with E-state index in [1.54, 1.807) is 25.3 Å². The summed E-state index contributed by atoms with van der Waals surface area (Å²) in [4.78, 5) is 29.4. The molecule has 0 bridgehead atoms. The highest BCUT2D eigenvalue weighted by Gasteiger charge is 2.40. The molecule has 0 spiro atoms. The molecule has 0 amide bonds. The molecule has 9 heteroatoms. The van der Waals surface area contributed by atoms with Crippen LogP contribution in [0.3, 0.4) is 0 Å². The lowest BCUT2D eigenvalue weighted by atomic mass is 9.99. The van der Waals surface area contributed by atoms with Gasteiger partial charge in [0.05, 0.1) is 14.2 Å². The Kier molecular flexibility index (Phi) is 4.82. The number of thioether (sulfide) groups is 1. The Bertz CT molecular complexity index is 940. The molecular formula is C17H18N2O6S. The van der Waals surface area contributed by atoms with E-state index >= 15 is 0 Å². The predicted molar refractivity (Wildman–Crippen MR) is 94.4 cm³/mol. The Morgan fingerprint density at radius 1 is 1.31 bits per heavy atom. The molecule has 0 radical (unpaired) electrons. The summed E-state index contributed by atoms with van der Waals surface area (Å²) in [6.45, 7) is 2.17. The van der Waals surface area contributed by atoms with Gasteiger partial charge in [0.15, 0.2) is 22.8 Å². The molecule has 1 atom stereocenters. The normalized spacial score (nSPS) is 15.5. The van der Waals surface area contributed by atoms with Crippen LogP contribution in [0.1, 0.15) is 34.5 Å². The van der Waals surface area contributed by atoms with Gasteiger partial charge in [0.25, 0.3) is 5.56 Å². The highest BCUT2D eigenvalue weighted by molar-refractivity contribution is 7.98. The van der Waals surface area contributed by atoms with Crippen LogP contribution in [0.4, 0.5) is 0 Å². The van der Waals surface area contributed by atoms with Gasteiger partial charge in [-0.3, -0.25) is 9.36 Å². The first-order valence-corrected chi connectivity index (χ1v) is 9.04. The lowest BCUT2D eigenvalue weighted by Gasteiger charge is -2.16. The minimum Gasteiger partial charge on any atom is -0.493 e. The van der Waals surface area contributed by atoms with Crippen LogP contribution < -0.4 is 15.0 Å². The quantitative estimate of drug-likeness (QED) is 0.479. The minimum atomic E-state index is -1.06. The summed E-state index contributed by atoms with van der Waals surface area (Å²) >= 11 is 1.24. The average molecular weight is 378 g/mol. The van der Waals surface area contributed by atoms with Gasteiger partial charge in [-0.15, -0.1) is 0 Å². The maximum Gasteiger partial charge on any atom is 0.343 e. The zero-order valence-corrected chi connectivity index (χ0v) is 15.5. The Hall–Kier alpha value is -2.68. The number of aromatic nitrogens is 2. The molecule has 0 aliphatic carbocycles. The van der Waals surface area contributed by atoms with Crippen molar-refractivity contribution in [3.8, 4) is 17.4 Å². The van der Waals surface area contributed by atoms with Crippen molar-refractivity contribution in [1.82, 2.24) is 9.55 Å². The monoisotopic (exact) mass is 378 g/mol. The van der Waals surface area contributed by atoms with Crippen LogP contribution in [0.5, 0.6) is 17.4 Å². The average Bonchev–Trinajstić information content (AvgIpc) is 2.97. The number of hydrogen-bond acceptors (Lipinski definition) is 8. The number of cyclic esters (lactones) is 1. The van der Waals surface area contributed by atoms with E-state index in [1.807, 2.05) is 0 Å². The van der Waals surface area contributed by atoms with E-state index in [9.17, 15) is 14.7 Å². The maximum atomic E-state index is 12.9. The van der Waals surface area contributed by atoms with E-state index in [2.05, 4.69) is 4.98 Å². The molecule has 0 saturated heterocycles. The van der Waals surface area contributed by atoms with Crippen molar-refractivity contribution >= 4 is 17.7 Å². The first kappa shape index (κ1) is 18.1. The van der Waals surface area contributed by atoms with Crippen LogP contribution in [-0.2, 0) is 11.3 Å². The Morgan fingerprint density at radius 3 is 2.62 bits per heavy atom. The zero-order chi connectivity index (χ0) is 19.0. The second-order valence-electron chi connectivity index (χ2n) is 5.44. The third kappa shape index (κ3) is 2.59. The summed E-state index contributed by atoms with van der Waals surface area (Å²) in [5, 5.41) is 10.7. The molecule has 0 saturated carbocycles. The molecule has 138 valence electrons. The fourth-order valence-electron chi connectivity index (χ4n) is 3.02. The summed E-state index contributed by atoms with van der Waals surface area (Å²) in [7, 11) is 2.87. The molecule has 1 aromatic carbocycles. The number of carbonyl (C=O) groups is 1. The molecule has 26 heavy (non-hydrogen) atoms. The van der Waals surface area contributed by atoms with Gasteiger partial charge in [-0.1, -0.05) is 17.8 Å². The van der Waals surface area contributed by atoms with Gasteiger partial charge < -0.3 is 19.3 Å². The lowest BCUT2D eigenvalue weighted by molar-refractivity contribution is 0.0446. The van der Waals surface area contributed by atoms with Gasteiger partial charge in [-0.25, -0.2) is 4.79 Å². The molecule has 2 heterocycles. The van der Waals surface area contributed by atoms with Crippen molar-refractivity contribution in [3.05, 3.63) is 39.2 Å². The fourth-order valence-corrected chi connectivity index (χ4v) is 3.63. The smallest absolute Gasteiger partial charge is 0.343 e. The van der Waals surface area contributed by atoms with E-state index < -0.39 is 23.5 Å². The van der Waals surface area contributed by atoms with Crippen molar-refractivity contribution in [2.75, 3.05) is 20.5 Å². The molecule has 0 fully saturated rings. The Labute approximate surface area is 153 Å². The molecule has 1 aromatic heterocycles. The summed E-state index contributed by atoms with van der Waals surface area (Å²) < 4.78 is 17.3.